The van der Waals surface area contributed by atoms with E-state index in [4.69, 9.17) is 10.8 Å². The van der Waals surface area contributed by atoms with Crippen LogP contribution in [0.5, 0.6) is 0 Å². The molecule has 1 fully saturated rings. The minimum absolute atomic E-state index is 0.291. The van der Waals surface area contributed by atoms with E-state index in [0.717, 1.165) is 4.90 Å². The first-order chi connectivity index (χ1) is 7.93. The lowest BCUT2D eigenvalue weighted by atomic mass is 9.97. The second-order valence-corrected chi connectivity index (χ2v) is 4.12. The molecule has 1 amide bonds. The maximum atomic E-state index is 11.4. The molecule has 1 unspecified atom stereocenters. The van der Waals surface area contributed by atoms with Gasteiger partial charge in [0.1, 0.15) is 6.04 Å². The summed E-state index contributed by atoms with van der Waals surface area (Å²) in [7, 11) is 0. The zero-order valence-electron chi connectivity index (χ0n) is 8.41. The second-order valence-electron chi connectivity index (χ2n) is 3.24. The van der Waals surface area contributed by atoms with E-state index in [1.165, 1.54) is 0 Å². The third-order valence-electron chi connectivity index (χ3n) is 2.26. The Morgan fingerprint density at radius 2 is 2.29 bits per heavy atom. The van der Waals surface area contributed by atoms with Crippen molar-refractivity contribution < 1.29 is 24.2 Å². The number of rotatable bonds is 5. The molecule has 0 aliphatic carbocycles. The fourth-order valence-corrected chi connectivity index (χ4v) is 2.19. The molecule has 0 aromatic heterocycles. The summed E-state index contributed by atoms with van der Waals surface area (Å²) in [4.78, 5) is 34.2. The van der Waals surface area contributed by atoms with Crippen LogP contribution < -0.4 is 5.73 Å². The highest BCUT2D eigenvalue weighted by Crippen LogP contribution is 2.24. The monoisotopic (exact) mass is 324 g/mol. The van der Waals surface area contributed by atoms with E-state index in [1.807, 2.05) is 0 Å². The third-order valence-corrected chi connectivity index (χ3v) is 3.11. The van der Waals surface area contributed by atoms with Gasteiger partial charge in [0.2, 0.25) is 5.91 Å². The van der Waals surface area contributed by atoms with Gasteiger partial charge in [0.05, 0.1) is 11.4 Å². The van der Waals surface area contributed by atoms with Crippen LogP contribution in [0.25, 0.3) is 0 Å². The molecule has 0 saturated carbocycles. The number of nitrogens with zero attached hydrogens (tertiary/aromatic N) is 1. The van der Waals surface area contributed by atoms with Gasteiger partial charge in [-0.15, -0.1) is 0 Å². The Hall–Kier alpha value is -1.06. The molecule has 1 aliphatic heterocycles. The van der Waals surface area contributed by atoms with Gasteiger partial charge in [-0.2, -0.15) is 0 Å². The SMILES string of the molecule is N[C@@H]1C(=O)N(C(OC(=O)C=S)C(=O)O)[C@@H]1CBr. The molecule has 1 aliphatic rings. The molecule has 7 nitrogen and oxygen atoms in total. The van der Waals surface area contributed by atoms with E-state index < -0.39 is 36.2 Å². The summed E-state index contributed by atoms with van der Waals surface area (Å²) >= 11 is 7.40. The second kappa shape index (κ2) is 5.52. The largest absolute Gasteiger partial charge is 0.477 e. The quantitative estimate of drug-likeness (QED) is 0.285. The van der Waals surface area contributed by atoms with Gasteiger partial charge >= 0.3 is 11.9 Å². The van der Waals surface area contributed by atoms with Gasteiger partial charge in [-0.1, -0.05) is 28.1 Å². The molecule has 9 heteroatoms. The number of likely N-dealkylation sites (tertiary alicyclic amines) is 1. The number of carboxylic acid groups (broad SMARTS) is 1. The summed E-state index contributed by atoms with van der Waals surface area (Å²) in [6, 6.07) is -1.32. The Labute approximate surface area is 110 Å². The summed E-state index contributed by atoms with van der Waals surface area (Å²) in [5.41, 5.74) is 5.49. The maximum Gasteiger partial charge on any atom is 0.367 e. The predicted molar refractivity (Wildman–Crippen MR) is 63.6 cm³/mol. The summed E-state index contributed by atoms with van der Waals surface area (Å²) in [6.07, 6.45) is -1.70. The Balaban J connectivity index is 2.84. The molecule has 1 heterocycles. The molecule has 3 N–H and O–H groups in total. The molecule has 3 atom stereocenters. The van der Waals surface area contributed by atoms with Crippen molar-refractivity contribution >= 4 is 51.4 Å². The molecule has 0 radical (unpaired) electrons. The maximum absolute atomic E-state index is 11.4. The topological polar surface area (TPSA) is 110 Å². The number of thiocarbonyl (C=S) groups is 1. The van der Waals surface area contributed by atoms with E-state index in [1.54, 1.807) is 0 Å². The first-order valence-corrected chi connectivity index (χ1v) is 6.05. The summed E-state index contributed by atoms with van der Waals surface area (Å²) in [5, 5.41) is 9.84. The van der Waals surface area contributed by atoms with Gasteiger partial charge in [0.25, 0.3) is 6.23 Å². The number of esters is 1. The van der Waals surface area contributed by atoms with Gasteiger partial charge < -0.3 is 15.6 Å². The minimum Gasteiger partial charge on any atom is -0.477 e. The van der Waals surface area contributed by atoms with Crippen molar-refractivity contribution in [3.05, 3.63) is 0 Å². The van der Waals surface area contributed by atoms with Crippen LogP contribution in [0.4, 0.5) is 0 Å². The molecule has 17 heavy (non-hydrogen) atoms. The molecular weight excluding hydrogens is 316 g/mol. The van der Waals surface area contributed by atoms with Crippen LogP contribution in [0.2, 0.25) is 0 Å². The molecule has 1 rings (SSSR count). The predicted octanol–water partition coefficient (Wildman–Crippen LogP) is -1.13. The van der Waals surface area contributed by atoms with E-state index >= 15 is 0 Å². The number of carbonyl (C=O) groups is 3. The number of alkyl halides is 1. The average Bonchev–Trinajstić information content (AvgIpc) is 2.31. The van der Waals surface area contributed by atoms with Gasteiger partial charge in [0, 0.05) is 5.33 Å². The summed E-state index contributed by atoms with van der Waals surface area (Å²) in [5.74, 6) is -3.03. The number of ether oxygens (including phenoxy) is 1. The lowest BCUT2D eigenvalue weighted by Crippen LogP contribution is -2.73. The van der Waals surface area contributed by atoms with Crippen molar-refractivity contribution in [1.82, 2.24) is 4.90 Å². The van der Waals surface area contributed by atoms with E-state index in [0.29, 0.717) is 10.7 Å². The van der Waals surface area contributed by atoms with E-state index in [2.05, 4.69) is 32.9 Å². The fourth-order valence-electron chi connectivity index (χ4n) is 1.41. The molecular formula is C8H9BrN2O5S. The van der Waals surface area contributed by atoms with Crippen molar-refractivity contribution in [2.24, 2.45) is 5.73 Å². The normalized spacial score (nSPS) is 24.8. The van der Waals surface area contributed by atoms with Crippen LogP contribution in [-0.4, -0.2) is 56.9 Å². The molecule has 1 saturated heterocycles. The van der Waals surface area contributed by atoms with Gasteiger partial charge in [-0.05, 0) is 0 Å². The first-order valence-electron chi connectivity index (χ1n) is 4.46. The van der Waals surface area contributed by atoms with Crippen LogP contribution in [0.1, 0.15) is 0 Å². The number of aliphatic carboxylic acids is 1. The van der Waals surface area contributed by atoms with Crippen molar-refractivity contribution in [3.63, 3.8) is 0 Å². The molecule has 0 aromatic carbocycles. The minimum atomic E-state index is -1.70. The number of nitrogens with two attached hydrogens (primary N) is 1. The lowest BCUT2D eigenvalue weighted by Gasteiger charge is -2.46. The Morgan fingerprint density at radius 1 is 1.71 bits per heavy atom. The summed E-state index contributed by atoms with van der Waals surface area (Å²) < 4.78 is 4.55. The molecule has 0 spiro atoms. The first kappa shape index (κ1) is 14.0. The standard InChI is InChI=1S/C8H9BrN2O5S/c9-1-3-5(10)6(13)11(3)7(8(14)15)16-4(12)2-17/h2-3,5,7H,1,10H2,(H,14,15)/t3-,5+,7?/m1/s1. The van der Waals surface area contributed by atoms with Crippen molar-refractivity contribution in [3.8, 4) is 0 Å². The molecule has 94 valence electrons. The van der Waals surface area contributed by atoms with Crippen molar-refractivity contribution in [1.29, 1.82) is 0 Å². The van der Waals surface area contributed by atoms with Crippen molar-refractivity contribution in [2.75, 3.05) is 5.33 Å². The highest BCUT2D eigenvalue weighted by Gasteiger charge is 2.51. The summed E-state index contributed by atoms with van der Waals surface area (Å²) in [6.45, 7) is 0. The number of carbonyl (C=O) groups excluding carboxylic acids is 2. The third kappa shape index (κ3) is 2.61. The van der Waals surface area contributed by atoms with Gasteiger partial charge in [-0.25, -0.2) is 9.59 Å². The number of carboxylic acids is 1. The van der Waals surface area contributed by atoms with Crippen molar-refractivity contribution in [2.45, 2.75) is 18.3 Å². The fraction of sp³-hybridized carbons (Fsp3) is 0.500. The van der Waals surface area contributed by atoms with Crippen LogP contribution in [0, 0.1) is 0 Å². The average molecular weight is 325 g/mol. The highest BCUT2D eigenvalue weighted by molar-refractivity contribution is 9.09. The number of halogens is 1. The van der Waals surface area contributed by atoms with Crippen LogP contribution in [-0.2, 0) is 19.1 Å². The Kier molecular flexibility index (Phi) is 4.54. The van der Waals surface area contributed by atoms with E-state index in [9.17, 15) is 14.4 Å². The van der Waals surface area contributed by atoms with Gasteiger partial charge in [-0.3, -0.25) is 9.69 Å². The lowest BCUT2D eigenvalue weighted by molar-refractivity contribution is -0.190. The number of β-lactam (4-membered cyclic amide) rings is 1. The molecule has 0 aromatic rings. The smallest absolute Gasteiger partial charge is 0.367 e. The van der Waals surface area contributed by atoms with Crippen LogP contribution >= 0.6 is 28.1 Å². The molecule has 0 bridgehead atoms. The zero-order chi connectivity index (χ0) is 13.2. The Bertz CT molecular complexity index is 377. The number of hydrogen-bond donors (Lipinski definition) is 2. The van der Waals surface area contributed by atoms with Crippen LogP contribution in [0.3, 0.4) is 0 Å². The number of hydrogen-bond acceptors (Lipinski definition) is 6. The highest BCUT2D eigenvalue weighted by atomic mass is 79.9. The van der Waals surface area contributed by atoms with Crippen LogP contribution in [0.15, 0.2) is 0 Å². The van der Waals surface area contributed by atoms with E-state index in [-0.39, 0.29) is 0 Å². The van der Waals surface area contributed by atoms with Gasteiger partial charge in [0.15, 0.2) is 0 Å². The Morgan fingerprint density at radius 3 is 2.71 bits per heavy atom. The zero-order valence-corrected chi connectivity index (χ0v) is 10.8. The number of amides is 1.